The summed E-state index contributed by atoms with van der Waals surface area (Å²) in [5.74, 6) is 0.461. The van der Waals surface area contributed by atoms with Gasteiger partial charge in [-0.2, -0.15) is 0 Å². The van der Waals surface area contributed by atoms with E-state index in [1.54, 1.807) is 0 Å². The van der Waals surface area contributed by atoms with Gasteiger partial charge in [0.05, 0.1) is 0 Å². The summed E-state index contributed by atoms with van der Waals surface area (Å²) < 4.78 is 0. The predicted molar refractivity (Wildman–Crippen MR) is 96.2 cm³/mol. The van der Waals surface area contributed by atoms with Crippen molar-refractivity contribution >= 4 is 0 Å². The van der Waals surface area contributed by atoms with Gasteiger partial charge in [-0.1, -0.05) is 67.1 Å². The standard InChI is InChI=1S/C21H24N2/c1-2-22-15-17-23(18-16-22)14-13-21(19-9-5-3-6-10-19)20-11-7-4-8-12-20/h1,3-12,21H,13-18H2. The van der Waals surface area contributed by atoms with E-state index >= 15 is 0 Å². The lowest BCUT2D eigenvalue weighted by Gasteiger charge is -2.33. The highest BCUT2D eigenvalue weighted by Crippen LogP contribution is 2.28. The third kappa shape index (κ3) is 4.15. The minimum Gasteiger partial charge on any atom is -0.330 e. The number of benzene rings is 2. The molecule has 0 saturated carbocycles. The highest BCUT2D eigenvalue weighted by Gasteiger charge is 2.18. The molecule has 1 fully saturated rings. The minimum absolute atomic E-state index is 0.461. The van der Waals surface area contributed by atoms with Crippen LogP contribution in [0.25, 0.3) is 0 Å². The predicted octanol–water partition coefficient (Wildman–Crippen LogP) is 3.42. The van der Waals surface area contributed by atoms with E-state index in [1.807, 2.05) is 0 Å². The number of nitrogens with zero attached hydrogens (tertiary/aromatic N) is 2. The van der Waals surface area contributed by atoms with Crippen LogP contribution in [0.3, 0.4) is 0 Å². The van der Waals surface area contributed by atoms with Crippen molar-refractivity contribution in [1.82, 2.24) is 9.80 Å². The summed E-state index contributed by atoms with van der Waals surface area (Å²) in [6.45, 7) is 5.23. The minimum atomic E-state index is 0.461. The Kier molecular flexibility index (Phi) is 5.34. The van der Waals surface area contributed by atoms with Crippen LogP contribution in [-0.2, 0) is 0 Å². The van der Waals surface area contributed by atoms with Crippen molar-refractivity contribution in [2.75, 3.05) is 32.7 Å². The number of hydrogen-bond donors (Lipinski definition) is 0. The van der Waals surface area contributed by atoms with E-state index in [0.717, 1.165) is 39.1 Å². The molecule has 23 heavy (non-hydrogen) atoms. The monoisotopic (exact) mass is 304 g/mol. The lowest BCUT2D eigenvalue weighted by atomic mass is 9.88. The van der Waals surface area contributed by atoms with E-state index in [4.69, 9.17) is 6.42 Å². The maximum absolute atomic E-state index is 5.48. The highest BCUT2D eigenvalue weighted by atomic mass is 15.2. The van der Waals surface area contributed by atoms with Crippen LogP contribution in [-0.4, -0.2) is 42.5 Å². The molecule has 2 heteroatoms. The van der Waals surface area contributed by atoms with E-state index < -0.39 is 0 Å². The second-order valence-electron chi connectivity index (χ2n) is 6.12. The van der Waals surface area contributed by atoms with Crippen molar-refractivity contribution in [3.63, 3.8) is 0 Å². The average molecular weight is 304 g/mol. The van der Waals surface area contributed by atoms with Gasteiger partial charge >= 0.3 is 0 Å². The summed E-state index contributed by atoms with van der Waals surface area (Å²) in [6, 6.07) is 24.4. The number of rotatable bonds is 5. The molecule has 118 valence electrons. The smallest absolute Gasteiger partial charge is 0.0388 e. The normalized spacial score (nSPS) is 15.6. The van der Waals surface area contributed by atoms with Crippen LogP contribution in [0.5, 0.6) is 0 Å². The van der Waals surface area contributed by atoms with E-state index in [0.29, 0.717) is 5.92 Å². The van der Waals surface area contributed by atoms with Gasteiger partial charge < -0.3 is 4.90 Å². The van der Waals surface area contributed by atoms with Gasteiger partial charge in [0.1, 0.15) is 0 Å². The molecule has 0 atom stereocenters. The summed E-state index contributed by atoms with van der Waals surface area (Å²) >= 11 is 0. The average Bonchev–Trinajstić information content (AvgIpc) is 2.64. The topological polar surface area (TPSA) is 6.48 Å². The Balaban J connectivity index is 1.67. The molecule has 0 amide bonds. The molecule has 2 aromatic rings. The fraction of sp³-hybridized carbons (Fsp3) is 0.333. The van der Waals surface area contributed by atoms with Gasteiger partial charge in [0.25, 0.3) is 0 Å². The van der Waals surface area contributed by atoms with Crippen LogP contribution in [0, 0.1) is 12.5 Å². The first-order chi connectivity index (χ1) is 11.4. The molecule has 2 aromatic carbocycles. The molecule has 3 rings (SSSR count). The molecule has 0 unspecified atom stereocenters. The van der Waals surface area contributed by atoms with E-state index in [9.17, 15) is 0 Å². The Morgan fingerprint density at radius 1 is 0.826 bits per heavy atom. The third-order valence-corrected chi connectivity index (χ3v) is 4.69. The summed E-state index contributed by atoms with van der Waals surface area (Å²) in [6.07, 6.45) is 6.62. The maximum Gasteiger partial charge on any atom is 0.0388 e. The van der Waals surface area contributed by atoms with E-state index in [1.165, 1.54) is 11.1 Å². The first kappa shape index (κ1) is 15.6. The largest absolute Gasteiger partial charge is 0.330 e. The van der Waals surface area contributed by atoms with Crippen molar-refractivity contribution in [1.29, 1.82) is 0 Å². The van der Waals surface area contributed by atoms with Crippen LogP contribution < -0.4 is 0 Å². The zero-order valence-electron chi connectivity index (χ0n) is 13.6. The number of piperazine rings is 1. The van der Waals surface area contributed by atoms with Gasteiger partial charge in [0.15, 0.2) is 0 Å². The van der Waals surface area contributed by atoms with Crippen LogP contribution in [0.4, 0.5) is 0 Å². The molecule has 1 heterocycles. The second-order valence-corrected chi connectivity index (χ2v) is 6.12. The van der Waals surface area contributed by atoms with Crippen molar-refractivity contribution in [2.45, 2.75) is 12.3 Å². The quantitative estimate of drug-likeness (QED) is 0.781. The van der Waals surface area contributed by atoms with Crippen LogP contribution in [0.15, 0.2) is 60.7 Å². The summed E-state index contributed by atoms with van der Waals surface area (Å²) in [5, 5.41) is 0. The SMILES string of the molecule is C#CN1CCN(CCC(c2ccccc2)c2ccccc2)CC1. The van der Waals surface area contributed by atoms with Gasteiger partial charge in [-0.3, -0.25) is 4.90 Å². The first-order valence-corrected chi connectivity index (χ1v) is 8.40. The van der Waals surface area contributed by atoms with Crippen molar-refractivity contribution < 1.29 is 0 Å². The Bertz CT molecular complexity index is 582. The molecule has 0 N–H and O–H groups in total. The van der Waals surface area contributed by atoms with Gasteiger partial charge in [-0.15, -0.1) is 0 Å². The van der Waals surface area contributed by atoms with Crippen molar-refractivity contribution in [3.05, 3.63) is 71.8 Å². The third-order valence-electron chi connectivity index (χ3n) is 4.69. The molecule has 2 nitrogen and oxygen atoms in total. The lowest BCUT2D eigenvalue weighted by molar-refractivity contribution is 0.172. The maximum atomic E-state index is 5.48. The molecule has 0 spiro atoms. The van der Waals surface area contributed by atoms with Gasteiger partial charge in [-0.05, 0) is 24.1 Å². The Labute approximate surface area is 139 Å². The fourth-order valence-electron chi connectivity index (χ4n) is 3.31. The van der Waals surface area contributed by atoms with Crippen molar-refractivity contribution in [3.8, 4) is 12.5 Å². The number of hydrogen-bond acceptors (Lipinski definition) is 2. The molecule has 0 aromatic heterocycles. The molecule has 0 radical (unpaired) electrons. The summed E-state index contributed by atoms with van der Waals surface area (Å²) in [4.78, 5) is 4.61. The van der Waals surface area contributed by atoms with Crippen molar-refractivity contribution in [2.24, 2.45) is 0 Å². The molecular formula is C21H24N2. The first-order valence-electron chi connectivity index (χ1n) is 8.40. The zero-order valence-corrected chi connectivity index (χ0v) is 13.6. The Hall–Kier alpha value is -2.24. The van der Waals surface area contributed by atoms with Gasteiger partial charge in [-0.25, -0.2) is 0 Å². The molecule has 1 saturated heterocycles. The molecule has 1 aliphatic rings. The Morgan fingerprint density at radius 2 is 1.35 bits per heavy atom. The van der Waals surface area contributed by atoms with E-state index in [-0.39, 0.29) is 0 Å². The van der Waals surface area contributed by atoms with Crippen LogP contribution >= 0.6 is 0 Å². The molecule has 0 aliphatic carbocycles. The Morgan fingerprint density at radius 3 is 1.83 bits per heavy atom. The zero-order chi connectivity index (χ0) is 15.9. The van der Waals surface area contributed by atoms with Gasteiger partial charge in [0, 0.05) is 38.1 Å². The highest BCUT2D eigenvalue weighted by molar-refractivity contribution is 5.32. The lowest BCUT2D eigenvalue weighted by Crippen LogP contribution is -2.44. The fourth-order valence-corrected chi connectivity index (χ4v) is 3.31. The molecule has 0 bridgehead atoms. The van der Waals surface area contributed by atoms with Crippen LogP contribution in [0.2, 0.25) is 0 Å². The number of terminal acetylenes is 1. The second kappa shape index (κ2) is 7.85. The van der Waals surface area contributed by atoms with E-state index in [2.05, 4.69) is 76.5 Å². The van der Waals surface area contributed by atoms with Gasteiger partial charge in [0.2, 0.25) is 0 Å². The molecular weight excluding hydrogens is 280 g/mol. The van der Waals surface area contributed by atoms with Crippen LogP contribution in [0.1, 0.15) is 23.5 Å². The molecule has 1 aliphatic heterocycles. The summed E-state index contributed by atoms with van der Waals surface area (Å²) in [5.41, 5.74) is 2.81. The summed E-state index contributed by atoms with van der Waals surface area (Å²) in [7, 11) is 0.